The average molecular weight is 256 g/mol. The second-order valence-corrected chi connectivity index (χ2v) is 4.42. The van der Waals surface area contributed by atoms with Crippen molar-refractivity contribution in [2.75, 3.05) is 6.61 Å². The van der Waals surface area contributed by atoms with Gasteiger partial charge in [-0.2, -0.15) is 0 Å². The normalized spacial score (nSPS) is 10.4. The highest BCUT2D eigenvalue weighted by Crippen LogP contribution is 2.12. The van der Waals surface area contributed by atoms with E-state index in [2.05, 4.69) is 29.4 Å². The van der Waals surface area contributed by atoms with E-state index in [-0.39, 0.29) is 0 Å². The van der Waals surface area contributed by atoms with Gasteiger partial charge in [0, 0.05) is 19.3 Å². The summed E-state index contributed by atoms with van der Waals surface area (Å²) in [6, 6.07) is 14.2. The zero-order valence-electron chi connectivity index (χ0n) is 11.3. The molecule has 0 atom stereocenters. The molecule has 2 aromatic rings. The van der Waals surface area contributed by atoms with E-state index in [1.165, 1.54) is 5.56 Å². The Hall–Kier alpha value is -1.87. The number of hydrogen-bond acceptors (Lipinski definition) is 3. The molecule has 0 radical (unpaired) electrons. The third kappa shape index (κ3) is 4.72. The van der Waals surface area contributed by atoms with Crippen LogP contribution >= 0.6 is 0 Å². The Morgan fingerprint density at radius 1 is 1.05 bits per heavy atom. The van der Waals surface area contributed by atoms with Crippen molar-refractivity contribution in [1.29, 1.82) is 0 Å². The van der Waals surface area contributed by atoms with E-state index < -0.39 is 0 Å². The summed E-state index contributed by atoms with van der Waals surface area (Å²) in [5, 5.41) is 3.38. The zero-order chi connectivity index (χ0) is 13.3. The lowest BCUT2D eigenvalue weighted by Crippen LogP contribution is -2.13. The maximum absolute atomic E-state index is 5.55. The van der Waals surface area contributed by atoms with Crippen molar-refractivity contribution in [1.82, 2.24) is 10.3 Å². The average Bonchev–Trinajstić information content (AvgIpc) is 2.47. The van der Waals surface area contributed by atoms with E-state index >= 15 is 0 Å². The Labute approximate surface area is 114 Å². The summed E-state index contributed by atoms with van der Waals surface area (Å²) in [5.41, 5.74) is 2.31. The third-order valence-electron chi connectivity index (χ3n) is 2.76. The minimum atomic E-state index is 0.775. The van der Waals surface area contributed by atoms with Gasteiger partial charge in [0.15, 0.2) is 0 Å². The Bertz CT molecular complexity index is 468. The van der Waals surface area contributed by atoms with Crippen molar-refractivity contribution in [3.63, 3.8) is 0 Å². The molecule has 0 saturated heterocycles. The molecule has 3 heteroatoms. The number of hydrogen-bond donors (Lipinski definition) is 1. The van der Waals surface area contributed by atoms with Gasteiger partial charge in [0.1, 0.15) is 5.75 Å². The molecular weight excluding hydrogens is 236 g/mol. The van der Waals surface area contributed by atoms with Crippen molar-refractivity contribution >= 4 is 0 Å². The molecule has 0 fully saturated rings. The van der Waals surface area contributed by atoms with Gasteiger partial charge >= 0.3 is 0 Å². The van der Waals surface area contributed by atoms with Crippen molar-refractivity contribution in [3.8, 4) is 5.75 Å². The van der Waals surface area contributed by atoms with Crippen molar-refractivity contribution in [2.24, 2.45) is 0 Å². The van der Waals surface area contributed by atoms with E-state index in [9.17, 15) is 0 Å². The topological polar surface area (TPSA) is 34.1 Å². The maximum Gasteiger partial charge on any atom is 0.119 e. The molecule has 0 amide bonds. The van der Waals surface area contributed by atoms with Crippen LogP contribution < -0.4 is 10.1 Å². The molecule has 0 bridgehead atoms. The second-order valence-electron chi connectivity index (χ2n) is 4.42. The number of aromatic nitrogens is 1. The lowest BCUT2D eigenvalue weighted by Gasteiger charge is -2.07. The fourth-order valence-corrected chi connectivity index (χ4v) is 1.76. The first-order valence-electron chi connectivity index (χ1n) is 6.71. The molecule has 1 aromatic carbocycles. The summed E-state index contributed by atoms with van der Waals surface area (Å²) in [6.45, 7) is 4.51. The predicted octanol–water partition coefficient (Wildman–Crippen LogP) is 3.16. The van der Waals surface area contributed by atoms with Crippen LogP contribution in [0.5, 0.6) is 5.75 Å². The first-order valence-corrected chi connectivity index (χ1v) is 6.71. The highest BCUT2D eigenvalue weighted by atomic mass is 16.5. The van der Waals surface area contributed by atoms with Crippen LogP contribution in [0.25, 0.3) is 0 Å². The molecule has 0 aliphatic rings. The molecule has 0 aliphatic carbocycles. The summed E-state index contributed by atoms with van der Waals surface area (Å²) >= 11 is 0. The van der Waals surface area contributed by atoms with Crippen LogP contribution in [0.2, 0.25) is 0 Å². The third-order valence-corrected chi connectivity index (χ3v) is 2.76. The van der Waals surface area contributed by atoms with Gasteiger partial charge in [-0.15, -0.1) is 0 Å². The lowest BCUT2D eigenvalue weighted by molar-refractivity contribution is 0.317. The summed E-state index contributed by atoms with van der Waals surface area (Å²) < 4.78 is 5.55. The molecular formula is C16H20N2O. The van der Waals surface area contributed by atoms with Gasteiger partial charge < -0.3 is 10.1 Å². The standard InChI is InChI=1S/C16H20N2O/c1-2-11-19-16-8-6-14(7-9-16)12-17-13-15-5-3-4-10-18-15/h3-10,17H,2,11-13H2,1H3. The van der Waals surface area contributed by atoms with E-state index in [0.717, 1.165) is 37.6 Å². The quantitative estimate of drug-likeness (QED) is 0.826. The molecule has 19 heavy (non-hydrogen) atoms. The predicted molar refractivity (Wildman–Crippen MR) is 77.0 cm³/mol. The minimum absolute atomic E-state index is 0.775. The van der Waals surface area contributed by atoms with Crippen LogP contribution in [0.1, 0.15) is 24.6 Å². The number of ether oxygens (including phenoxy) is 1. The van der Waals surface area contributed by atoms with Gasteiger partial charge in [-0.05, 0) is 36.2 Å². The van der Waals surface area contributed by atoms with Crippen LogP contribution in [-0.2, 0) is 13.1 Å². The van der Waals surface area contributed by atoms with Crippen LogP contribution in [0.3, 0.4) is 0 Å². The van der Waals surface area contributed by atoms with E-state index in [0.29, 0.717) is 0 Å². The largest absolute Gasteiger partial charge is 0.494 e. The lowest BCUT2D eigenvalue weighted by atomic mass is 10.2. The number of nitrogens with one attached hydrogen (secondary N) is 1. The fourth-order valence-electron chi connectivity index (χ4n) is 1.76. The van der Waals surface area contributed by atoms with Crippen molar-refractivity contribution in [2.45, 2.75) is 26.4 Å². The Kier molecular flexibility index (Phi) is 5.38. The molecule has 100 valence electrons. The molecule has 0 aliphatic heterocycles. The van der Waals surface area contributed by atoms with E-state index in [1.54, 1.807) is 0 Å². The maximum atomic E-state index is 5.55. The molecule has 0 saturated carbocycles. The Morgan fingerprint density at radius 3 is 2.58 bits per heavy atom. The van der Waals surface area contributed by atoms with Crippen molar-refractivity contribution in [3.05, 3.63) is 59.9 Å². The van der Waals surface area contributed by atoms with Crippen LogP contribution in [-0.4, -0.2) is 11.6 Å². The smallest absolute Gasteiger partial charge is 0.119 e. The first-order chi connectivity index (χ1) is 9.38. The zero-order valence-corrected chi connectivity index (χ0v) is 11.3. The van der Waals surface area contributed by atoms with Gasteiger partial charge in [0.25, 0.3) is 0 Å². The monoisotopic (exact) mass is 256 g/mol. The molecule has 0 unspecified atom stereocenters. The van der Waals surface area contributed by atoms with Crippen LogP contribution in [0, 0.1) is 0 Å². The Balaban J connectivity index is 1.77. The van der Waals surface area contributed by atoms with Crippen molar-refractivity contribution < 1.29 is 4.74 Å². The number of rotatable bonds is 7. The molecule has 0 spiro atoms. The molecule has 1 heterocycles. The molecule has 2 rings (SSSR count). The SMILES string of the molecule is CCCOc1ccc(CNCc2ccccn2)cc1. The second kappa shape index (κ2) is 7.54. The van der Waals surface area contributed by atoms with Gasteiger partial charge in [-0.25, -0.2) is 0 Å². The molecule has 1 N–H and O–H groups in total. The summed E-state index contributed by atoms with van der Waals surface area (Å²) in [6.07, 6.45) is 2.85. The van der Waals surface area contributed by atoms with E-state index in [1.807, 2.05) is 36.5 Å². The molecule has 1 aromatic heterocycles. The fraction of sp³-hybridized carbons (Fsp3) is 0.312. The van der Waals surface area contributed by atoms with Crippen LogP contribution in [0.4, 0.5) is 0 Å². The first kappa shape index (κ1) is 13.6. The number of benzene rings is 1. The Morgan fingerprint density at radius 2 is 1.89 bits per heavy atom. The van der Waals surface area contributed by atoms with Crippen LogP contribution in [0.15, 0.2) is 48.7 Å². The van der Waals surface area contributed by atoms with Gasteiger partial charge in [0.2, 0.25) is 0 Å². The number of pyridine rings is 1. The number of nitrogens with zero attached hydrogens (tertiary/aromatic N) is 1. The van der Waals surface area contributed by atoms with Gasteiger partial charge in [0.05, 0.1) is 12.3 Å². The summed E-state index contributed by atoms with van der Waals surface area (Å²) in [5.74, 6) is 0.940. The highest BCUT2D eigenvalue weighted by Gasteiger charge is 1.96. The highest BCUT2D eigenvalue weighted by molar-refractivity contribution is 5.27. The summed E-state index contributed by atoms with van der Waals surface area (Å²) in [7, 11) is 0. The minimum Gasteiger partial charge on any atom is -0.494 e. The van der Waals surface area contributed by atoms with Gasteiger partial charge in [-0.3, -0.25) is 4.98 Å². The summed E-state index contributed by atoms with van der Waals surface area (Å²) in [4.78, 5) is 4.28. The molecule has 3 nitrogen and oxygen atoms in total. The van der Waals surface area contributed by atoms with E-state index in [4.69, 9.17) is 4.74 Å². The van der Waals surface area contributed by atoms with Gasteiger partial charge in [-0.1, -0.05) is 25.1 Å².